The maximum atomic E-state index is 13.2. The largest absolute Gasteiger partial charge is 0.489 e. The summed E-state index contributed by atoms with van der Waals surface area (Å²) in [6.45, 7) is 2.50. The van der Waals surface area contributed by atoms with Crippen molar-refractivity contribution >= 4 is 0 Å². The summed E-state index contributed by atoms with van der Waals surface area (Å²) in [7, 11) is 0. The van der Waals surface area contributed by atoms with Crippen LogP contribution in [0.15, 0.2) is 42.5 Å². The van der Waals surface area contributed by atoms with Crippen LogP contribution in [0.4, 0.5) is 8.78 Å². The number of ether oxygens (including phenoxy) is 1. The van der Waals surface area contributed by atoms with Crippen molar-refractivity contribution in [3.63, 3.8) is 0 Å². The third-order valence-corrected chi connectivity index (χ3v) is 5.80. The molecule has 3 heteroatoms. The maximum Gasteiger partial charge on any atom is 0.159 e. The molecule has 0 bridgehead atoms. The molecule has 0 aromatic heterocycles. The Morgan fingerprint density at radius 1 is 0.889 bits per heavy atom. The Morgan fingerprint density at radius 3 is 2.30 bits per heavy atom. The molecule has 1 aliphatic carbocycles. The summed E-state index contributed by atoms with van der Waals surface area (Å²) in [5.41, 5.74) is 2.02. The molecule has 1 aliphatic rings. The molecule has 0 radical (unpaired) electrons. The number of unbranched alkanes of at least 4 members (excludes halogenated alkanes) is 2. The van der Waals surface area contributed by atoms with E-state index >= 15 is 0 Å². The second-order valence-electron chi connectivity index (χ2n) is 7.82. The van der Waals surface area contributed by atoms with E-state index < -0.39 is 11.6 Å². The van der Waals surface area contributed by atoms with Crippen molar-refractivity contribution in [2.24, 2.45) is 5.92 Å². The summed E-state index contributed by atoms with van der Waals surface area (Å²) < 4.78 is 31.9. The Balaban J connectivity index is 1.47. The molecule has 0 saturated heterocycles. The lowest BCUT2D eigenvalue weighted by atomic mass is 9.77. The molecule has 0 N–H and O–H groups in total. The molecular formula is C24H30F2O. The lowest BCUT2D eigenvalue weighted by Crippen LogP contribution is -2.13. The van der Waals surface area contributed by atoms with E-state index in [4.69, 9.17) is 4.74 Å². The molecule has 0 unspecified atom stereocenters. The Bertz CT molecular complexity index is 703. The summed E-state index contributed by atoms with van der Waals surface area (Å²) >= 11 is 0. The molecular weight excluding hydrogens is 342 g/mol. The van der Waals surface area contributed by atoms with Crippen LogP contribution in [-0.2, 0) is 6.61 Å². The van der Waals surface area contributed by atoms with Gasteiger partial charge >= 0.3 is 0 Å². The topological polar surface area (TPSA) is 9.23 Å². The highest BCUT2D eigenvalue weighted by molar-refractivity contribution is 5.30. The van der Waals surface area contributed by atoms with Gasteiger partial charge in [0.25, 0.3) is 0 Å². The van der Waals surface area contributed by atoms with Crippen LogP contribution >= 0.6 is 0 Å². The van der Waals surface area contributed by atoms with Crippen molar-refractivity contribution in [2.75, 3.05) is 0 Å². The number of benzene rings is 2. The van der Waals surface area contributed by atoms with Crippen LogP contribution in [0, 0.1) is 17.6 Å². The molecule has 3 rings (SSSR count). The summed E-state index contributed by atoms with van der Waals surface area (Å²) in [6, 6.07) is 12.2. The normalized spacial score (nSPS) is 19.8. The first kappa shape index (κ1) is 19.9. The van der Waals surface area contributed by atoms with Crippen molar-refractivity contribution in [1.29, 1.82) is 0 Å². The Morgan fingerprint density at radius 2 is 1.63 bits per heavy atom. The van der Waals surface area contributed by atoms with Crippen molar-refractivity contribution in [2.45, 2.75) is 70.8 Å². The number of hydrogen-bond acceptors (Lipinski definition) is 1. The van der Waals surface area contributed by atoms with Gasteiger partial charge in [0, 0.05) is 0 Å². The molecule has 1 nitrogen and oxygen atoms in total. The van der Waals surface area contributed by atoms with Gasteiger partial charge in [-0.05, 0) is 72.9 Å². The van der Waals surface area contributed by atoms with Crippen LogP contribution in [0.25, 0.3) is 0 Å². The fourth-order valence-electron chi connectivity index (χ4n) is 4.10. The molecule has 0 atom stereocenters. The van der Waals surface area contributed by atoms with Gasteiger partial charge in [0.15, 0.2) is 11.6 Å². The Labute approximate surface area is 161 Å². The van der Waals surface area contributed by atoms with Gasteiger partial charge in [0.05, 0.1) is 0 Å². The average molecular weight is 372 g/mol. The highest BCUT2D eigenvalue weighted by atomic mass is 19.2. The van der Waals surface area contributed by atoms with Gasteiger partial charge in [-0.1, -0.05) is 50.8 Å². The SMILES string of the molecule is CCCCC[C@H]1CC[C@H](c2ccc(OCc3ccc(F)c(F)c3)cc2)CC1. The zero-order valence-electron chi connectivity index (χ0n) is 16.2. The molecule has 2 aromatic carbocycles. The summed E-state index contributed by atoms with van der Waals surface area (Å²) in [4.78, 5) is 0. The van der Waals surface area contributed by atoms with Crippen molar-refractivity contribution in [3.8, 4) is 5.75 Å². The van der Waals surface area contributed by atoms with Crippen molar-refractivity contribution < 1.29 is 13.5 Å². The third kappa shape index (κ3) is 5.79. The van der Waals surface area contributed by atoms with E-state index in [1.165, 1.54) is 63.0 Å². The maximum absolute atomic E-state index is 13.2. The van der Waals surface area contributed by atoms with E-state index in [1.54, 1.807) is 6.07 Å². The summed E-state index contributed by atoms with van der Waals surface area (Å²) in [5.74, 6) is 0.677. The fourth-order valence-corrected chi connectivity index (χ4v) is 4.10. The van der Waals surface area contributed by atoms with Crippen LogP contribution in [-0.4, -0.2) is 0 Å². The van der Waals surface area contributed by atoms with Crippen LogP contribution < -0.4 is 4.74 Å². The van der Waals surface area contributed by atoms with Gasteiger partial charge in [-0.2, -0.15) is 0 Å². The van der Waals surface area contributed by atoms with E-state index in [2.05, 4.69) is 19.1 Å². The second kappa shape index (κ2) is 9.87. The predicted octanol–water partition coefficient (Wildman–Crippen LogP) is 7.40. The highest BCUT2D eigenvalue weighted by Crippen LogP contribution is 2.38. The first-order chi connectivity index (χ1) is 13.2. The van der Waals surface area contributed by atoms with Crippen LogP contribution in [0.5, 0.6) is 5.75 Å². The smallest absolute Gasteiger partial charge is 0.159 e. The number of rotatable bonds is 8. The fraction of sp³-hybridized carbons (Fsp3) is 0.500. The Kier molecular flexibility index (Phi) is 7.25. The van der Waals surface area contributed by atoms with E-state index in [1.807, 2.05) is 12.1 Å². The zero-order chi connectivity index (χ0) is 19.1. The minimum absolute atomic E-state index is 0.236. The van der Waals surface area contributed by atoms with Crippen LogP contribution in [0.1, 0.15) is 75.3 Å². The first-order valence-corrected chi connectivity index (χ1v) is 10.3. The lowest BCUT2D eigenvalue weighted by Gasteiger charge is -2.29. The Hall–Kier alpha value is -1.90. The summed E-state index contributed by atoms with van der Waals surface area (Å²) in [5, 5.41) is 0. The number of hydrogen-bond donors (Lipinski definition) is 0. The molecule has 0 amide bonds. The van der Waals surface area contributed by atoms with Gasteiger partial charge in [-0.25, -0.2) is 8.78 Å². The van der Waals surface area contributed by atoms with E-state index in [9.17, 15) is 8.78 Å². The van der Waals surface area contributed by atoms with E-state index in [0.29, 0.717) is 11.5 Å². The van der Waals surface area contributed by atoms with Gasteiger partial charge in [-0.3, -0.25) is 0 Å². The van der Waals surface area contributed by atoms with Gasteiger partial charge in [0.1, 0.15) is 12.4 Å². The van der Waals surface area contributed by atoms with Gasteiger partial charge < -0.3 is 4.74 Å². The quantitative estimate of drug-likeness (QED) is 0.439. The predicted molar refractivity (Wildman–Crippen MR) is 106 cm³/mol. The van der Waals surface area contributed by atoms with Gasteiger partial charge in [0.2, 0.25) is 0 Å². The number of halogens is 2. The van der Waals surface area contributed by atoms with Crippen LogP contribution in [0.2, 0.25) is 0 Å². The van der Waals surface area contributed by atoms with Crippen LogP contribution in [0.3, 0.4) is 0 Å². The first-order valence-electron chi connectivity index (χ1n) is 10.3. The highest BCUT2D eigenvalue weighted by Gasteiger charge is 2.22. The molecule has 146 valence electrons. The standard InChI is InChI=1S/C24H30F2O/c1-2-3-4-5-18-6-9-20(10-7-18)21-11-13-22(14-12-21)27-17-19-8-15-23(25)24(26)16-19/h8,11-16,18,20H,2-7,9-10,17H2,1H3/t18-,20-. The molecule has 0 spiro atoms. The van der Waals surface area contributed by atoms with E-state index in [0.717, 1.165) is 17.7 Å². The van der Waals surface area contributed by atoms with Gasteiger partial charge in [-0.15, -0.1) is 0 Å². The second-order valence-corrected chi connectivity index (χ2v) is 7.82. The lowest BCUT2D eigenvalue weighted by molar-refractivity contribution is 0.299. The molecule has 2 aromatic rings. The van der Waals surface area contributed by atoms with Crippen molar-refractivity contribution in [1.82, 2.24) is 0 Å². The minimum atomic E-state index is -0.836. The molecule has 1 fully saturated rings. The average Bonchev–Trinajstić information content (AvgIpc) is 2.70. The summed E-state index contributed by atoms with van der Waals surface area (Å²) in [6.07, 6.45) is 10.7. The molecule has 0 heterocycles. The zero-order valence-corrected chi connectivity index (χ0v) is 16.2. The third-order valence-electron chi connectivity index (χ3n) is 5.80. The molecule has 27 heavy (non-hydrogen) atoms. The molecule has 1 saturated carbocycles. The molecule has 0 aliphatic heterocycles. The van der Waals surface area contributed by atoms with Crippen molar-refractivity contribution in [3.05, 3.63) is 65.2 Å². The van der Waals surface area contributed by atoms with E-state index in [-0.39, 0.29) is 6.61 Å². The minimum Gasteiger partial charge on any atom is -0.489 e. The monoisotopic (exact) mass is 372 g/mol.